The SMILES string of the molecule is Cc1cc(Br)ccc1NC(=O)c1ccnc(NCc2ccccc2)c1. The molecule has 1 amide bonds. The van der Waals surface area contributed by atoms with E-state index in [0.717, 1.165) is 21.3 Å². The van der Waals surface area contributed by atoms with Crippen molar-refractivity contribution in [2.45, 2.75) is 13.5 Å². The molecule has 2 N–H and O–H groups in total. The summed E-state index contributed by atoms with van der Waals surface area (Å²) in [6, 6.07) is 19.3. The molecule has 2 aromatic carbocycles. The topological polar surface area (TPSA) is 54.0 Å². The Balaban J connectivity index is 1.69. The second-order valence-electron chi connectivity index (χ2n) is 5.68. The van der Waals surface area contributed by atoms with Crippen molar-refractivity contribution in [2.75, 3.05) is 10.6 Å². The van der Waals surface area contributed by atoms with Crippen LogP contribution in [0.25, 0.3) is 0 Å². The predicted molar refractivity (Wildman–Crippen MR) is 105 cm³/mol. The fourth-order valence-electron chi connectivity index (χ4n) is 2.42. The van der Waals surface area contributed by atoms with Crippen molar-refractivity contribution in [3.05, 3.63) is 88.0 Å². The number of anilines is 2. The summed E-state index contributed by atoms with van der Waals surface area (Å²) in [4.78, 5) is 16.8. The number of halogens is 1. The maximum absolute atomic E-state index is 12.5. The normalized spacial score (nSPS) is 10.3. The van der Waals surface area contributed by atoms with Crippen LogP contribution >= 0.6 is 15.9 Å². The highest BCUT2D eigenvalue weighted by atomic mass is 79.9. The first-order valence-corrected chi connectivity index (χ1v) is 8.72. The molecule has 25 heavy (non-hydrogen) atoms. The van der Waals surface area contributed by atoms with Gasteiger partial charge in [-0.15, -0.1) is 0 Å². The van der Waals surface area contributed by atoms with Gasteiger partial charge in [-0.2, -0.15) is 0 Å². The summed E-state index contributed by atoms with van der Waals surface area (Å²) in [6.07, 6.45) is 1.64. The molecule has 126 valence electrons. The van der Waals surface area contributed by atoms with Gasteiger partial charge in [0.15, 0.2) is 0 Å². The lowest BCUT2D eigenvalue weighted by Gasteiger charge is -2.10. The van der Waals surface area contributed by atoms with Gasteiger partial charge in [-0.05, 0) is 48.4 Å². The van der Waals surface area contributed by atoms with Crippen LogP contribution in [0.5, 0.6) is 0 Å². The van der Waals surface area contributed by atoms with Crippen LogP contribution in [0, 0.1) is 6.92 Å². The largest absolute Gasteiger partial charge is 0.366 e. The number of carbonyl (C=O) groups excluding carboxylic acids is 1. The zero-order chi connectivity index (χ0) is 17.6. The Morgan fingerprint density at radius 1 is 1.08 bits per heavy atom. The summed E-state index contributed by atoms with van der Waals surface area (Å²) >= 11 is 3.42. The molecule has 0 bridgehead atoms. The van der Waals surface area contributed by atoms with Gasteiger partial charge in [0.25, 0.3) is 5.91 Å². The Morgan fingerprint density at radius 2 is 1.88 bits per heavy atom. The molecule has 1 heterocycles. The molecule has 0 saturated carbocycles. The first-order valence-electron chi connectivity index (χ1n) is 7.93. The quantitative estimate of drug-likeness (QED) is 0.637. The number of hydrogen-bond donors (Lipinski definition) is 2. The third-order valence-electron chi connectivity index (χ3n) is 3.78. The average Bonchev–Trinajstić information content (AvgIpc) is 2.63. The molecule has 5 heteroatoms. The van der Waals surface area contributed by atoms with Crippen LogP contribution in [0.2, 0.25) is 0 Å². The van der Waals surface area contributed by atoms with Gasteiger partial charge >= 0.3 is 0 Å². The summed E-state index contributed by atoms with van der Waals surface area (Å²) in [5, 5.41) is 6.18. The molecule has 0 atom stereocenters. The number of benzene rings is 2. The van der Waals surface area contributed by atoms with Crippen LogP contribution in [-0.2, 0) is 6.54 Å². The van der Waals surface area contributed by atoms with Gasteiger partial charge in [0.05, 0.1) is 0 Å². The number of hydrogen-bond acceptors (Lipinski definition) is 3. The Kier molecular flexibility index (Phi) is 5.46. The third-order valence-corrected chi connectivity index (χ3v) is 4.27. The fraction of sp³-hybridized carbons (Fsp3) is 0.100. The lowest BCUT2D eigenvalue weighted by Crippen LogP contribution is -2.13. The highest BCUT2D eigenvalue weighted by molar-refractivity contribution is 9.10. The fourth-order valence-corrected chi connectivity index (χ4v) is 2.89. The highest BCUT2D eigenvalue weighted by Gasteiger charge is 2.09. The van der Waals surface area contributed by atoms with Crippen molar-refractivity contribution in [3.8, 4) is 0 Å². The molecule has 0 aliphatic rings. The third kappa shape index (κ3) is 4.67. The Bertz CT molecular complexity index is 881. The molecule has 1 aromatic heterocycles. The minimum absolute atomic E-state index is 0.157. The number of aryl methyl sites for hydroxylation is 1. The molecule has 0 fully saturated rings. The Labute approximate surface area is 155 Å². The van der Waals surface area contributed by atoms with E-state index in [2.05, 4.69) is 31.5 Å². The Morgan fingerprint density at radius 3 is 2.64 bits per heavy atom. The van der Waals surface area contributed by atoms with E-state index in [9.17, 15) is 4.79 Å². The van der Waals surface area contributed by atoms with E-state index in [1.54, 1.807) is 18.3 Å². The monoisotopic (exact) mass is 395 g/mol. The van der Waals surface area contributed by atoms with Gasteiger partial charge in [0.1, 0.15) is 5.82 Å². The Hall–Kier alpha value is -2.66. The van der Waals surface area contributed by atoms with Gasteiger partial charge < -0.3 is 10.6 Å². The predicted octanol–water partition coefficient (Wildman–Crippen LogP) is 5.02. The van der Waals surface area contributed by atoms with E-state index in [-0.39, 0.29) is 5.91 Å². The van der Waals surface area contributed by atoms with Crippen LogP contribution in [0.15, 0.2) is 71.3 Å². The second kappa shape index (κ2) is 7.94. The van der Waals surface area contributed by atoms with E-state index in [1.165, 1.54) is 0 Å². The van der Waals surface area contributed by atoms with Crippen molar-refractivity contribution in [3.63, 3.8) is 0 Å². The summed E-state index contributed by atoms with van der Waals surface area (Å²) in [7, 11) is 0. The van der Waals surface area contributed by atoms with Crippen LogP contribution in [0.4, 0.5) is 11.5 Å². The van der Waals surface area contributed by atoms with Gasteiger partial charge in [0, 0.05) is 28.5 Å². The minimum atomic E-state index is -0.157. The van der Waals surface area contributed by atoms with E-state index >= 15 is 0 Å². The maximum atomic E-state index is 12.5. The van der Waals surface area contributed by atoms with Crippen molar-refractivity contribution in [2.24, 2.45) is 0 Å². The first-order chi connectivity index (χ1) is 12.1. The van der Waals surface area contributed by atoms with Crippen LogP contribution in [0.1, 0.15) is 21.5 Å². The molecule has 0 spiro atoms. The molecule has 0 saturated heterocycles. The summed E-state index contributed by atoms with van der Waals surface area (Å²) in [6.45, 7) is 2.62. The zero-order valence-electron chi connectivity index (χ0n) is 13.8. The number of nitrogens with one attached hydrogen (secondary N) is 2. The summed E-state index contributed by atoms with van der Waals surface area (Å²) < 4.78 is 0.985. The van der Waals surface area contributed by atoms with Gasteiger partial charge in [0.2, 0.25) is 0 Å². The molecule has 4 nitrogen and oxygen atoms in total. The summed E-state index contributed by atoms with van der Waals surface area (Å²) in [5.41, 5.74) is 3.51. The first kappa shape index (κ1) is 17.2. The molecular formula is C20H18BrN3O. The van der Waals surface area contributed by atoms with Gasteiger partial charge in [-0.3, -0.25) is 4.79 Å². The number of rotatable bonds is 5. The number of aromatic nitrogens is 1. The minimum Gasteiger partial charge on any atom is -0.366 e. The maximum Gasteiger partial charge on any atom is 0.255 e. The molecule has 0 radical (unpaired) electrons. The van der Waals surface area contributed by atoms with Gasteiger partial charge in [-0.25, -0.2) is 4.98 Å². The molecule has 0 unspecified atom stereocenters. The molecular weight excluding hydrogens is 378 g/mol. The molecule has 3 aromatic rings. The summed E-state index contributed by atoms with van der Waals surface area (Å²) in [5.74, 6) is 0.514. The highest BCUT2D eigenvalue weighted by Crippen LogP contribution is 2.21. The van der Waals surface area contributed by atoms with Crippen LogP contribution in [-0.4, -0.2) is 10.9 Å². The van der Waals surface area contributed by atoms with Crippen molar-refractivity contribution >= 4 is 33.3 Å². The van der Waals surface area contributed by atoms with Gasteiger partial charge in [-0.1, -0.05) is 46.3 Å². The van der Waals surface area contributed by atoms with E-state index in [0.29, 0.717) is 17.9 Å². The average molecular weight is 396 g/mol. The zero-order valence-corrected chi connectivity index (χ0v) is 15.4. The van der Waals surface area contributed by atoms with Crippen molar-refractivity contribution < 1.29 is 4.79 Å². The van der Waals surface area contributed by atoms with Crippen molar-refractivity contribution in [1.29, 1.82) is 0 Å². The molecule has 0 aliphatic carbocycles. The van der Waals surface area contributed by atoms with Crippen molar-refractivity contribution in [1.82, 2.24) is 4.98 Å². The van der Waals surface area contributed by atoms with Crippen LogP contribution in [0.3, 0.4) is 0 Å². The number of carbonyl (C=O) groups is 1. The smallest absolute Gasteiger partial charge is 0.255 e. The standard InChI is InChI=1S/C20H18BrN3O/c1-14-11-17(21)7-8-18(14)24-20(25)16-9-10-22-19(12-16)23-13-15-5-3-2-4-6-15/h2-12H,13H2,1H3,(H,22,23)(H,24,25). The number of amides is 1. The molecule has 3 rings (SSSR count). The van der Waals surface area contributed by atoms with E-state index in [1.807, 2.05) is 55.5 Å². The second-order valence-corrected chi connectivity index (χ2v) is 6.60. The lowest BCUT2D eigenvalue weighted by atomic mass is 10.2. The lowest BCUT2D eigenvalue weighted by molar-refractivity contribution is 0.102. The van der Waals surface area contributed by atoms with E-state index in [4.69, 9.17) is 0 Å². The van der Waals surface area contributed by atoms with Crippen LogP contribution < -0.4 is 10.6 Å². The number of nitrogens with zero attached hydrogens (tertiary/aromatic N) is 1. The molecule has 0 aliphatic heterocycles. The number of pyridine rings is 1. The van der Waals surface area contributed by atoms with E-state index < -0.39 is 0 Å².